The number of nitrogens with zero attached hydrogens (tertiary/aromatic N) is 1. The van der Waals surface area contributed by atoms with Crippen molar-refractivity contribution in [2.75, 3.05) is 23.4 Å². The number of para-hydroxylation sites is 1. The molecule has 0 bridgehead atoms. The molecular formula is C16H24N2O2S2. The number of aryl methyl sites for hydroxylation is 1. The number of rotatable bonds is 5. The monoisotopic (exact) mass is 340 g/mol. The summed E-state index contributed by atoms with van der Waals surface area (Å²) in [5.74, 6) is 0.486. The van der Waals surface area contributed by atoms with Gasteiger partial charge in [-0.15, -0.1) is 0 Å². The zero-order valence-corrected chi connectivity index (χ0v) is 14.8. The number of nitrogens with one attached hydrogen (secondary N) is 1. The fourth-order valence-corrected chi connectivity index (χ4v) is 4.78. The SMILES string of the molecule is CCCCN(C(=S)Nc1ccccc1C)[C@H]1CCS(=O)(=O)C1. The van der Waals surface area contributed by atoms with E-state index in [-0.39, 0.29) is 17.5 Å². The van der Waals surface area contributed by atoms with Gasteiger partial charge in [0.05, 0.1) is 11.5 Å². The average Bonchev–Trinajstić information content (AvgIpc) is 2.82. The molecule has 0 aliphatic carbocycles. The highest BCUT2D eigenvalue weighted by atomic mass is 32.2. The summed E-state index contributed by atoms with van der Waals surface area (Å²) in [5, 5.41) is 3.92. The molecule has 1 aliphatic rings. The molecular weight excluding hydrogens is 316 g/mol. The molecule has 22 heavy (non-hydrogen) atoms. The molecule has 0 amide bonds. The van der Waals surface area contributed by atoms with Gasteiger partial charge in [0, 0.05) is 18.3 Å². The van der Waals surface area contributed by atoms with E-state index in [4.69, 9.17) is 12.2 Å². The van der Waals surface area contributed by atoms with Gasteiger partial charge in [-0.3, -0.25) is 0 Å². The first kappa shape index (κ1) is 17.2. The Morgan fingerprint density at radius 1 is 1.41 bits per heavy atom. The number of unbranched alkanes of at least 4 members (excludes halogenated alkanes) is 1. The first-order valence-corrected chi connectivity index (χ1v) is 9.99. The molecule has 6 heteroatoms. The minimum atomic E-state index is -2.91. The van der Waals surface area contributed by atoms with Crippen molar-refractivity contribution < 1.29 is 8.42 Å². The molecule has 0 radical (unpaired) electrons. The summed E-state index contributed by atoms with van der Waals surface area (Å²) < 4.78 is 23.5. The first-order chi connectivity index (χ1) is 10.4. The number of anilines is 1. The second kappa shape index (κ2) is 7.42. The zero-order chi connectivity index (χ0) is 16.2. The van der Waals surface area contributed by atoms with Crippen LogP contribution in [-0.2, 0) is 9.84 Å². The van der Waals surface area contributed by atoms with Gasteiger partial charge in [-0.1, -0.05) is 31.5 Å². The van der Waals surface area contributed by atoms with Gasteiger partial charge in [0.2, 0.25) is 0 Å². The Bertz CT molecular complexity index is 629. The van der Waals surface area contributed by atoms with E-state index in [2.05, 4.69) is 17.1 Å². The van der Waals surface area contributed by atoms with E-state index in [9.17, 15) is 8.42 Å². The topological polar surface area (TPSA) is 49.4 Å². The lowest BCUT2D eigenvalue weighted by atomic mass is 10.2. The van der Waals surface area contributed by atoms with E-state index in [0.29, 0.717) is 11.5 Å². The molecule has 0 unspecified atom stereocenters. The molecule has 0 aromatic heterocycles. The molecule has 122 valence electrons. The summed E-state index contributed by atoms with van der Waals surface area (Å²) in [6.45, 7) is 4.96. The van der Waals surface area contributed by atoms with Gasteiger partial charge >= 0.3 is 0 Å². The van der Waals surface area contributed by atoms with Crippen LogP contribution in [-0.4, -0.2) is 42.5 Å². The Balaban J connectivity index is 2.11. The van der Waals surface area contributed by atoms with Gasteiger partial charge in [0.15, 0.2) is 14.9 Å². The summed E-state index contributed by atoms with van der Waals surface area (Å²) in [4.78, 5) is 2.07. The number of thiocarbonyl (C=S) groups is 1. The third kappa shape index (κ3) is 4.43. The smallest absolute Gasteiger partial charge is 0.173 e. The van der Waals surface area contributed by atoms with Crippen LogP contribution < -0.4 is 5.32 Å². The summed E-state index contributed by atoms with van der Waals surface area (Å²) in [6, 6.07) is 7.98. The summed E-state index contributed by atoms with van der Waals surface area (Å²) >= 11 is 5.56. The van der Waals surface area contributed by atoms with E-state index >= 15 is 0 Å². The van der Waals surface area contributed by atoms with Crippen molar-refractivity contribution in [3.63, 3.8) is 0 Å². The second-order valence-electron chi connectivity index (χ2n) is 5.85. The molecule has 1 heterocycles. The van der Waals surface area contributed by atoms with Gasteiger partial charge in [0.1, 0.15) is 0 Å². The van der Waals surface area contributed by atoms with Gasteiger partial charge in [-0.2, -0.15) is 0 Å². The summed E-state index contributed by atoms with van der Waals surface area (Å²) in [6.07, 6.45) is 2.73. The Hall–Kier alpha value is -1.14. The first-order valence-electron chi connectivity index (χ1n) is 7.76. The molecule has 1 saturated heterocycles. The highest BCUT2D eigenvalue weighted by molar-refractivity contribution is 7.91. The van der Waals surface area contributed by atoms with E-state index in [0.717, 1.165) is 30.6 Å². The Morgan fingerprint density at radius 2 is 2.14 bits per heavy atom. The Labute approximate surface area is 138 Å². The normalized spacial score (nSPS) is 19.8. The number of benzene rings is 1. The van der Waals surface area contributed by atoms with E-state index in [1.54, 1.807) is 0 Å². The minimum absolute atomic E-state index is 0.000526. The summed E-state index contributed by atoms with van der Waals surface area (Å²) in [5.41, 5.74) is 2.11. The quantitative estimate of drug-likeness (QED) is 0.835. The van der Waals surface area contributed by atoms with Gasteiger partial charge in [-0.05, 0) is 43.6 Å². The third-order valence-corrected chi connectivity index (χ3v) is 6.14. The maximum absolute atomic E-state index is 11.8. The predicted molar refractivity (Wildman–Crippen MR) is 96.1 cm³/mol. The Kier molecular flexibility index (Phi) is 5.81. The highest BCUT2D eigenvalue weighted by Gasteiger charge is 2.33. The van der Waals surface area contributed by atoms with Crippen LogP contribution in [0.4, 0.5) is 5.69 Å². The van der Waals surface area contributed by atoms with E-state index in [1.807, 2.05) is 31.2 Å². The fourth-order valence-electron chi connectivity index (χ4n) is 2.70. The molecule has 1 N–H and O–H groups in total. The lowest BCUT2D eigenvalue weighted by Crippen LogP contribution is -2.44. The van der Waals surface area contributed by atoms with Crippen molar-refractivity contribution in [1.29, 1.82) is 0 Å². The van der Waals surface area contributed by atoms with Crippen LogP contribution in [0.2, 0.25) is 0 Å². The van der Waals surface area contributed by atoms with Crippen molar-refractivity contribution in [1.82, 2.24) is 4.90 Å². The van der Waals surface area contributed by atoms with Crippen LogP contribution in [0.25, 0.3) is 0 Å². The van der Waals surface area contributed by atoms with Crippen molar-refractivity contribution in [2.45, 2.75) is 39.2 Å². The molecule has 0 spiro atoms. The third-order valence-electron chi connectivity index (χ3n) is 4.05. The minimum Gasteiger partial charge on any atom is -0.345 e. The van der Waals surface area contributed by atoms with Gasteiger partial charge in [0.25, 0.3) is 0 Å². The lowest BCUT2D eigenvalue weighted by molar-refractivity contribution is 0.333. The van der Waals surface area contributed by atoms with Crippen LogP contribution in [0.15, 0.2) is 24.3 Å². The fraction of sp³-hybridized carbons (Fsp3) is 0.562. The molecule has 1 fully saturated rings. The molecule has 1 aliphatic heterocycles. The molecule has 1 aromatic rings. The number of hydrogen-bond donors (Lipinski definition) is 1. The lowest BCUT2D eigenvalue weighted by Gasteiger charge is -2.31. The molecule has 4 nitrogen and oxygen atoms in total. The average molecular weight is 341 g/mol. The van der Waals surface area contributed by atoms with Crippen LogP contribution in [0.5, 0.6) is 0 Å². The maximum Gasteiger partial charge on any atom is 0.173 e. The molecule has 0 saturated carbocycles. The van der Waals surface area contributed by atoms with E-state index < -0.39 is 9.84 Å². The number of sulfone groups is 1. The van der Waals surface area contributed by atoms with Crippen molar-refractivity contribution >= 4 is 32.9 Å². The number of hydrogen-bond acceptors (Lipinski definition) is 3. The zero-order valence-electron chi connectivity index (χ0n) is 13.2. The van der Waals surface area contributed by atoms with Crippen molar-refractivity contribution in [3.05, 3.63) is 29.8 Å². The van der Waals surface area contributed by atoms with Crippen LogP contribution >= 0.6 is 12.2 Å². The van der Waals surface area contributed by atoms with Crippen LogP contribution in [0.1, 0.15) is 31.7 Å². The maximum atomic E-state index is 11.8. The largest absolute Gasteiger partial charge is 0.345 e. The Morgan fingerprint density at radius 3 is 2.73 bits per heavy atom. The van der Waals surface area contributed by atoms with E-state index in [1.165, 1.54) is 0 Å². The standard InChI is InChI=1S/C16H24N2O2S2/c1-3-4-10-18(14-9-11-22(19,20)12-14)16(21)17-15-8-6-5-7-13(15)2/h5-8,14H,3-4,9-12H2,1-2H3,(H,17,21)/t14-/m0/s1. The molecule has 1 atom stereocenters. The molecule has 2 rings (SSSR count). The van der Waals surface area contributed by atoms with Crippen molar-refractivity contribution in [2.24, 2.45) is 0 Å². The van der Waals surface area contributed by atoms with Crippen LogP contribution in [0.3, 0.4) is 0 Å². The summed E-state index contributed by atoms with van der Waals surface area (Å²) in [7, 11) is -2.91. The highest BCUT2D eigenvalue weighted by Crippen LogP contribution is 2.21. The predicted octanol–water partition coefficient (Wildman–Crippen LogP) is 2.98. The van der Waals surface area contributed by atoms with Crippen molar-refractivity contribution in [3.8, 4) is 0 Å². The molecule has 1 aromatic carbocycles. The second-order valence-corrected chi connectivity index (χ2v) is 8.46. The van der Waals surface area contributed by atoms with Gasteiger partial charge < -0.3 is 10.2 Å². The van der Waals surface area contributed by atoms with Gasteiger partial charge in [-0.25, -0.2) is 8.42 Å². The van der Waals surface area contributed by atoms with Crippen LogP contribution in [0, 0.1) is 6.92 Å².